The van der Waals surface area contributed by atoms with Gasteiger partial charge in [-0.3, -0.25) is 0 Å². The first kappa shape index (κ1) is 16.8. The van der Waals surface area contributed by atoms with Gasteiger partial charge in [0.25, 0.3) is 0 Å². The lowest BCUT2D eigenvalue weighted by Crippen LogP contribution is -2.21. The Bertz CT molecular complexity index is 623. The molecule has 1 aromatic carbocycles. The molecule has 0 aliphatic heterocycles. The van der Waals surface area contributed by atoms with E-state index in [2.05, 4.69) is 19.2 Å². The molecule has 0 fully saturated rings. The van der Waals surface area contributed by atoms with Crippen LogP contribution in [-0.2, 0) is 18.3 Å². The molecule has 0 saturated heterocycles. The number of hydrogen-bond acceptors (Lipinski definition) is 5. The molecule has 0 bridgehead atoms. The molecule has 0 amide bonds. The largest absolute Gasteiger partial charge is 0.497 e. The van der Waals surface area contributed by atoms with Crippen LogP contribution in [0.3, 0.4) is 0 Å². The third-order valence-electron chi connectivity index (χ3n) is 3.65. The highest BCUT2D eigenvalue weighted by atomic mass is 32.1. The SMILES string of the molecule is COc1ccc(OC)c(CC(C)(C)c2nc(CCN)cs2)c1. The predicted molar refractivity (Wildman–Crippen MR) is 91.1 cm³/mol. The van der Waals surface area contributed by atoms with Crippen LogP contribution < -0.4 is 15.2 Å². The highest BCUT2D eigenvalue weighted by Crippen LogP contribution is 2.34. The van der Waals surface area contributed by atoms with Crippen molar-refractivity contribution in [3.63, 3.8) is 0 Å². The van der Waals surface area contributed by atoms with Crippen LogP contribution in [0.2, 0.25) is 0 Å². The van der Waals surface area contributed by atoms with Gasteiger partial charge < -0.3 is 15.2 Å². The van der Waals surface area contributed by atoms with Crippen molar-refractivity contribution in [3.05, 3.63) is 39.8 Å². The fourth-order valence-electron chi connectivity index (χ4n) is 2.45. The zero-order valence-corrected chi connectivity index (χ0v) is 14.5. The zero-order valence-electron chi connectivity index (χ0n) is 13.7. The van der Waals surface area contributed by atoms with Crippen LogP contribution in [0.4, 0.5) is 0 Å². The lowest BCUT2D eigenvalue weighted by molar-refractivity contribution is 0.392. The minimum Gasteiger partial charge on any atom is -0.497 e. The van der Waals surface area contributed by atoms with E-state index in [-0.39, 0.29) is 5.41 Å². The molecule has 22 heavy (non-hydrogen) atoms. The first-order valence-corrected chi connectivity index (χ1v) is 8.24. The first-order valence-electron chi connectivity index (χ1n) is 7.36. The maximum absolute atomic E-state index is 5.61. The van der Waals surface area contributed by atoms with Crippen LogP contribution in [0.15, 0.2) is 23.6 Å². The second kappa shape index (κ2) is 7.11. The quantitative estimate of drug-likeness (QED) is 0.851. The molecule has 2 aromatic rings. The third kappa shape index (κ3) is 3.78. The lowest BCUT2D eigenvalue weighted by atomic mass is 9.86. The average Bonchev–Trinajstić information content (AvgIpc) is 2.97. The maximum Gasteiger partial charge on any atom is 0.122 e. The molecular formula is C17H24N2O2S. The van der Waals surface area contributed by atoms with Crippen molar-refractivity contribution in [2.45, 2.75) is 32.1 Å². The van der Waals surface area contributed by atoms with Gasteiger partial charge in [0, 0.05) is 17.2 Å². The van der Waals surface area contributed by atoms with E-state index in [1.165, 1.54) is 0 Å². The summed E-state index contributed by atoms with van der Waals surface area (Å²) in [6.45, 7) is 5.04. The summed E-state index contributed by atoms with van der Waals surface area (Å²) in [5, 5.41) is 3.23. The summed E-state index contributed by atoms with van der Waals surface area (Å²) in [6, 6.07) is 5.90. The molecule has 0 aliphatic carbocycles. The predicted octanol–water partition coefficient (Wildman–Crippen LogP) is 3.18. The van der Waals surface area contributed by atoms with Crippen molar-refractivity contribution in [1.29, 1.82) is 0 Å². The molecule has 0 aliphatic rings. The highest BCUT2D eigenvalue weighted by molar-refractivity contribution is 7.09. The van der Waals surface area contributed by atoms with Gasteiger partial charge in [0.05, 0.1) is 24.9 Å². The van der Waals surface area contributed by atoms with Gasteiger partial charge in [-0.05, 0) is 36.7 Å². The number of methoxy groups -OCH3 is 2. The van der Waals surface area contributed by atoms with E-state index in [9.17, 15) is 0 Å². The van der Waals surface area contributed by atoms with Crippen LogP contribution in [-0.4, -0.2) is 25.7 Å². The van der Waals surface area contributed by atoms with Gasteiger partial charge in [-0.15, -0.1) is 11.3 Å². The molecule has 120 valence electrons. The minimum absolute atomic E-state index is 0.0723. The number of hydrogen-bond donors (Lipinski definition) is 1. The molecule has 0 saturated carbocycles. The summed E-state index contributed by atoms with van der Waals surface area (Å²) in [6.07, 6.45) is 1.66. The molecule has 1 aromatic heterocycles. The molecular weight excluding hydrogens is 296 g/mol. The summed E-state index contributed by atoms with van der Waals surface area (Å²) in [4.78, 5) is 4.73. The average molecular weight is 320 g/mol. The van der Waals surface area contributed by atoms with Gasteiger partial charge in [-0.1, -0.05) is 13.8 Å². The number of ether oxygens (including phenoxy) is 2. The summed E-state index contributed by atoms with van der Waals surface area (Å²) < 4.78 is 10.8. The first-order chi connectivity index (χ1) is 10.5. The van der Waals surface area contributed by atoms with Crippen LogP contribution in [0.5, 0.6) is 11.5 Å². The molecule has 0 spiro atoms. The summed E-state index contributed by atoms with van der Waals surface area (Å²) in [5.74, 6) is 1.72. The molecule has 2 N–H and O–H groups in total. The number of thiazole rings is 1. The van der Waals surface area contributed by atoms with Crippen molar-refractivity contribution in [1.82, 2.24) is 4.98 Å². The molecule has 0 unspecified atom stereocenters. The van der Waals surface area contributed by atoms with Gasteiger partial charge in [0.2, 0.25) is 0 Å². The Labute approximate surface area is 136 Å². The van der Waals surface area contributed by atoms with Gasteiger partial charge in [-0.2, -0.15) is 0 Å². The second-order valence-corrected chi connectivity index (χ2v) is 6.78. The van der Waals surface area contributed by atoms with Crippen molar-refractivity contribution in [3.8, 4) is 11.5 Å². The van der Waals surface area contributed by atoms with Crippen molar-refractivity contribution < 1.29 is 9.47 Å². The topological polar surface area (TPSA) is 57.4 Å². The number of benzene rings is 1. The maximum atomic E-state index is 5.61. The number of rotatable bonds is 7. The Morgan fingerprint density at radius 3 is 2.64 bits per heavy atom. The number of aromatic nitrogens is 1. The summed E-state index contributed by atoms with van der Waals surface area (Å²) in [5.41, 5.74) is 7.74. The van der Waals surface area contributed by atoms with Crippen LogP contribution in [0.25, 0.3) is 0 Å². The molecule has 5 heteroatoms. The second-order valence-electron chi connectivity index (χ2n) is 5.92. The van der Waals surface area contributed by atoms with Gasteiger partial charge in [0.15, 0.2) is 0 Å². The standard InChI is InChI=1S/C17H24N2O2S/c1-17(2,16-19-13(7-8-18)11-22-16)10-12-9-14(20-3)5-6-15(12)21-4/h5-6,9,11H,7-8,10,18H2,1-4H3. The Morgan fingerprint density at radius 2 is 2.00 bits per heavy atom. The smallest absolute Gasteiger partial charge is 0.122 e. The Balaban J connectivity index is 2.26. The van der Waals surface area contributed by atoms with Gasteiger partial charge in [0.1, 0.15) is 11.5 Å². The highest BCUT2D eigenvalue weighted by Gasteiger charge is 2.26. The van der Waals surface area contributed by atoms with E-state index in [1.807, 2.05) is 18.2 Å². The van der Waals surface area contributed by atoms with Crippen molar-refractivity contribution in [2.75, 3.05) is 20.8 Å². The number of nitrogens with zero attached hydrogens (tertiary/aromatic N) is 1. The van der Waals surface area contributed by atoms with E-state index < -0.39 is 0 Å². The third-order valence-corrected chi connectivity index (χ3v) is 4.91. The Morgan fingerprint density at radius 1 is 1.23 bits per heavy atom. The number of nitrogens with two attached hydrogens (primary N) is 1. The Hall–Kier alpha value is -1.59. The minimum atomic E-state index is -0.0723. The van der Waals surface area contributed by atoms with Crippen molar-refractivity contribution >= 4 is 11.3 Å². The van der Waals surface area contributed by atoms with E-state index in [4.69, 9.17) is 20.2 Å². The molecule has 4 nitrogen and oxygen atoms in total. The van der Waals surface area contributed by atoms with E-state index in [0.717, 1.165) is 40.6 Å². The van der Waals surface area contributed by atoms with Gasteiger partial charge >= 0.3 is 0 Å². The normalized spacial score (nSPS) is 11.5. The molecule has 2 rings (SSSR count). The molecule has 1 heterocycles. The van der Waals surface area contributed by atoms with Crippen LogP contribution >= 0.6 is 11.3 Å². The summed E-state index contributed by atoms with van der Waals surface area (Å²) in [7, 11) is 3.37. The monoisotopic (exact) mass is 320 g/mol. The fraction of sp³-hybridized carbons (Fsp3) is 0.471. The van der Waals surface area contributed by atoms with E-state index >= 15 is 0 Å². The van der Waals surface area contributed by atoms with E-state index in [1.54, 1.807) is 25.6 Å². The molecule has 0 radical (unpaired) electrons. The van der Waals surface area contributed by atoms with E-state index in [0.29, 0.717) is 6.54 Å². The summed E-state index contributed by atoms with van der Waals surface area (Å²) >= 11 is 1.70. The van der Waals surface area contributed by atoms with Crippen LogP contribution in [0.1, 0.15) is 30.1 Å². The molecule has 0 atom stereocenters. The lowest BCUT2D eigenvalue weighted by Gasteiger charge is -2.23. The Kier molecular flexibility index (Phi) is 5.42. The zero-order chi connectivity index (χ0) is 16.2. The van der Waals surface area contributed by atoms with Crippen LogP contribution in [0, 0.1) is 0 Å². The fourth-order valence-corrected chi connectivity index (χ4v) is 3.43. The van der Waals surface area contributed by atoms with Crippen molar-refractivity contribution in [2.24, 2.45) is 5.73 Å². The van der Waals surface area contributed by atoms with Gasteiger partial charge in [-0.25, -0.2) is 4.98 Å².